The van der Waals surface area contributed by atoms with E-state index in [9.17, 15) is 0 Å². The summed E-state index contributed by atoms with van der Waals surface area (Å²) < 4.78 is 0. The fraction of sp³-hybridized carbons (Fsp3) is 0.154. The van der Waals surface area contributed by atoms with Crippen LogP contribution in [0.25, 0.3) is 10.9 Å². The van der Waals surface area contributed by atoms with Crippen molar-refractivity contribution in [2.75, 3.05) is 0 Å². The van der Waals surface area contributed by atoms with E-state index >= 15 is 0 Å². The molecule has 4 rings (SSSR count). The molecule has 0 saturated carbocycles. The van der Waals surface area contributed by atoms with Gasteiger partial charge >= 0.3 is 0 Å². The second kappa shape index (κ2) is 7.17. The summed E-state index contributed by atoms with van der Waals surface area (Å²) in [5.74, 6) is 7.13. The number of benzene rings is 3. The lowest BCUT2D eigenvalue weighted by molar-refractivity contribution is 0.641. The van der Waals surface area contributed by atoms with E-state index < -0.39 is 0 Å². The van der Waals surface area contributed by atoms with Gasteiger partial charge in [0.05, 0.1) is 5.41 Å². The summed E-state index contributed by atoms with van der Waals surface area (Å²) in [7, 11) is 0. The van der Waals surface area contributed by atoms with E-state index in [2.05, 4.69) is 97.4 Å². The Hall–Kier alpha value is -3.24. The highest BCUT2D eigenvalue weighted by molar-refractivity contribution is 5.87. The summed E-state index contributed by atoms with van der Waals surface area (Å²) in [6.45, 7) is 4.39. The van der Waals surface area contributed by atoms with Crippen LogP contribution < -0.4 is 0 Å². The van der Waals surface area contributed by atoms with Crippen LogP contribution in [0.4, 0.5) is 0 Å². The molecule has 132 valence electrons. The monoisotopic (exact) mass is 349 g/mol. The average molecular weight is 349 g/mol. The molecule has 1 atom stereocenters. The van der Waals surface area contributed by atoms with Gasteiger partial charge in [0.25, 0.3) is 0 Å². The van der Waals surface area contributed by atoms with Gasteiger partial charge in [0, 0.05) is 27.7 Å². The highest BCUT2D eigenvalue weighted by atomic mass is 14.7. The molecule has 27 heavy (non-hydrogen) atoms. The fourth-order valence-electron chi connectivity index (χ4n) is 4.00. The molecule has 0 bridgehead atoms. The minimum Gasteiger partial charge on any atom is -0.358 e. The number of nitrogens with one attached hydrogen (secondary N) is 1. The molecule has 0 amide bonds. The Kier molecular flexibility index (Phi) is 4.57. The Morgan fingerprint density at radius 3 is 2.15 bits per heavy atom. The maximum atomic E-state index is 3.68. The van der Waals surface area contributed by atoms with Gasteiger partial charge in [-0.2, -0.15) is 0 Å². The summed E-state index contributed by atoms with van der Waals surface area (Å²) in [5, 5.41) is 1.25. The molecule has 1 aromatic heterocycles. The van der Waals surface area contributed by atoms with E-state index in [-0.39, 0.29) is 5.41 Å². The number of H-pyrrole nitrogens is 1. The van der Waals surface area contributed by atoms with Crippen molar-refractivity contribution in [2.45, 2.75) is 25.7 Å². The van der Waals surface area contributed by atoms with Crippen LogP contribution in [0, 0.1) is 18.8 Å². The Balaban J connectivity index is 2.02. The molecular formula is C26H23N. The SMILES string of the molecule is CCC(C#Cc1ccccc1)(c1ccccc1)c1c(C)[nH]c2ccccc12. The number of hydrogen-bond acceptors (Lipinski definition) is 0. The van der Waals surface area contributed by atoms with Crippen LogP contribution in [0.5, 0.6) is 0 Å². The summed E-state index contributed by atoms with van der Waals surface area (Å²) >= 11 is 0. The molecule has 0 aliphatic rings. The Bertz CT molecular complexity index is 1110. The number of fused-ring (bicyclic) bond motifs is 1. The lowest BCUT2D eigenvalue weighted by Crippen LogP contribution is -2.26. The summed E-state index contributed by atoms with van der Waals surface area (Å²) in [4.78, 5) is 3.57. The van der Waals surface area contributed by atoms with E-state index in [1.165, 1.54) is 27.7 Å². The second-order valence-corrected chi connectivity index (χ2v) is 6.91. The van der Waals surface area contributed by atoms with Crippen LogP contribution in [0.1, 0.15) is 35.7 Å². The number of aromatic nitrogens is 1. The van der Waals surface area contributed by atoms with Crippen molar-refractivity contribution in [3.8, 4) is 11.8 Å². The molecule has 0 aliphatic carbocycles. The van der Waals surface area contributed by atoms with Crippen molar-refractivity contribution >= 4 is 10.9 Å². The molecule has 0 aliphatic heterocycles. The van der Waals surface area contributed by atoms with Crippen molar-refractivity contribution in [2.24, 2.45) is 0 Å². The molecule has 0 spiro atoms. The van der Waals surface area contributed by atoms with E-state index in [0.717, 1.165) is 12.0 Å². The van der Waals surface area contributed by atoms with E-state index in [1.54, 1.807) is 0 Å². The van der Waals surface area contributed by atoms with Crippen molar-refractivity contribution in [1.29, 1.82) is 0 Å². The number of para-hydroxylation sites is 1. The van der Waals surface area contributed by atoms with Gasteiger partial charge in [0.15, 0.2) is 0 Å². The lowest BCUT2D eigenvalue weighted by Gasteiger charge is -2.29. The van der Waals surface area contributed by atoms with Crippen molar-refractivity contribution in [3.63, 3.8) is 0 Å². The molecule has 1 nitrogen and oxygen atoms in total. The average Bonchev–Trinajstić information content (AvgIpc) is 3.07. The first-order chi connectivity index (χ1) is 13.2. The normalized spacial score (nSPS) is 13.0. The van der Waals surface area contributed by atoms with Gasteiger partial charge < -0.3 is 4.98 Å². The van der Waals surface area contributed by atoms with Crippen LogP contribution in [0.2, 0.25) is 0 Å². The number of hydrogen-bond donors (Lipinski definition) is 1. The zero-order valence-electron chi connectivity index (χ0n) is 15.8. The molecular weight excluding hydrogens is 326 g/mol. The maximum Gasteiger partial charge on any atom is 0.0836 e. The number of rotatable bonds is 3. The summed E-state index contributed by atoms with van der Waals surface area (Å²) in [6.07, 6.45) is 0.902. The quantitative estimate of drug-likeness (QED) is 0.422. The van der Waals surface area contributed by atoms with Gasteiger partial charge in [-0.1, -0.05) is 85.5 Å². The van der Waals surface area contributed by atoms with Gasteiger partial charge in [-0.15, -0.1) is 0 Å². The third-order valence-electron chi connectivity index (χ3n) is 5.31. The van der Waals surface area contributed by atoms with Crippen LogP contribution in [-0.4, -0.2) is 4.98 Å². The molecule has 0 radical (unpaired) electrons. The largest absolute Gasteiger partial charge is 0.358 e. The van der Waals surface area contributed by atoms with Crippen molar-refractivity contribution in [1.82, 2.24) is 4.98 Å². The smallest absolute Gasteiger partial charge is 0.0836 e. The first-order valence-electron chi connectivity index (χ1n) is 9.46. The molecule has 0 fully saturated rings. The van der Waals surface area contributed by atoms with Crippen LogP contribution in [0.3, 0.4) is 0 Å². The first kappa shape index (κ1) is 17.2. The van der Waals surface area contributed by atoms with E-state index in [1.807, 2.05) is 18.2 Å². The maximum absolute atomic E-state index is 3.68. The van der Waals surface area contributed by atoms with Crippen LogP contribution >= 0.6 is 0 Å². The fourth-order valence-corrected chi connectivity index (χ4v) is 4.00. The Morgan fingerprint density at radius 1 is 0.815 bits per heavy atom. The molecule has 4 aromatic rings. The zero-order valence-corrected chi connectivity index (χ0v) is 15.8. The second-order valence-electron chi connectivity index (χ2n) is 6.91. The van der Waals surface area contributed by atoms with Gasteiger partial charge in [0.2, 0.25) is 0 Å². The molecule has 3 aromatic carbocycles. The predicted molar refractivity (Wildman–Crippen MR) is 114 cm³/mol. The van der Waals surface area contributed by atoms with Crippen LogP contribution in [-0.2, 0) is 5.41 Å². The number of aryl methyl sites for hydroxylation is 1. The van der Waals surface area contributed by atoms with Crippen LogP contribution in [0.15, 0.2) is 84.9 Å². The molecule has 0 saturated heterocycles. The highest BCUT2D eigenvalue weighted by Crippen LogP contribution is 2.41. The molecule has 1 N–H and O–H groups in total. The standard InChI is InChI=1S/C26H23N/c1-3-26(22-14-8-5-9-15-22,19-18-21-12-6-4-7-13-21)25-20(2)27-24-17-11-10-16-23(24)25/h4-17,27H,3H2,1-2H3. The van der Waals surface area contributed by atoms with E-state index in [0.29, 0.717) is 0 Å². The summed E-state index contributed by atoms with van der Waals surface area (Å²) in [5.41, 5.74) is 5.56. The highest BCUT2D eigenvalue weighted by Gasteiger charge is 2.34. The number of aromatic amines is 1. The van der Waals surface area contributed by atoms with Gasteiger partial charge in [-0.05, 0) is 37.1 Å². The van der Waals surface area contributed by atoms with Crippen molar-refractivity contribution in [3.05, 3.63) is 107 Å². The van der Waals surface area contributed by atoms with Gasteiger partial charge in [-0.3, -0.25) is 0 Å². The first-order valence-corrected chi connectivity index (χ1v) is 9.46. The lowest BCUT2D eigenvalue weighted by atomic mass is 9.71. The van der Waals surface area contributed by atoms with Crippen molar-refractivity contribution < 1.29 is 0 Å². The minimum atomic E-state index is -0.360. The third kappa shape index (κ3) is 3.04. The Labute approximate surface area is 161 Å². The molecule has 1 unspecified atom stereocenters. The predicted octanol–water partition coefficient (Wildman–Crippen LogP) is 6.22. The molecule has 1 heteroatoms. The zero-order chi connectivity index (χ0) is 18.7. The van der Waals surface area contributed by atoms with Gasteiger partial charge in [0.1, 0.15) is 0 Å². The topological polar surface area (TPSA) is 15.8 Å². The summed E-state index contributed by atoms with van der Waals surface area (Å²) in [6, 6.07) is 29.4. The van der Waals surface area contributed by atoms with E-state index in [4.69, 9.17) is 0 Å². The minimum absolute atomic E-state index is 0.360. The molecule has 1 heterocycles. The van der Waals surface area contributed by atoms with Gasteiger partial charge in [-0.25, -0.2) is 0 Å². The Morgan fingerprint density at radius 2 is 1.44 bits per heavy atom. The third-order valence-corrected chi connectivity index (χ3v) is 5.31.